The van der Waals surface area contributed by atoms with Crippen LogP contribution in [0.5, 0.6) is 0 Å². The van der Waals surface area contributed by atoms with Crippen LogP contribution >= 0.6 is 0 Å². The van der Waals surface area contributed by atoms with Gasteiger partial charge in [-0.25, -0.2) is 0 Å². The fourth-order valence-electron chi connectivity index (χ4n) is 2.00. The third-order valence-corrected chi connectivity index (χ3v) is 3.07. The molecule has 1 atom stereocenters. The number of carbonyl (C=O) groups excluding carboxylic acids is 3. The molecule has 0 radical (unpaired) electrons. The van der Waals surface area contributed by atoms with Crippen LogP contribution in [0.1, 0.15) is 18.1 Å². The summed E-state index contributed by atoms with van der Waals surface area (Å²) in [6.45, 7) is 1.40. The Morgan fingerprint density at radius 3 is 2.57 bits per heavy atom. The number of ketones is 2. The topological polar surface area (TPSA) is 60.4 Å². The SMILES string of the molecule is CC1=CC(=O)[C@H](C(=O)/C=C/c2cccc(C(F)(F)F)c2)C(=O)O1. The van der Waals surface area contributed by atoms with Crippen LogP contribution in [0, 0.1) is 5.92 Å². The van der Waals surface area contributed by atoms with Gasteiger partial charge in [0.25, 0.3) is 0 Å². The van der Waals surface area contributed by atoms with Crippen LogP contribution in [0.15, 0.2) is 42.2 Å². The van der Waals surface area contributed by atoms with Gasteiger partial charge in [-0.3, -0.25) is 14.4 Å². The van der Waals surface area contributed by atoms with Crippen LogP contribution in [0.3, 0.4) is 0 Å². The first-order valence-corrected chi connectivity index (χ1v) is 6.51. The predicted molar refractivity (Wildman–Crippen MR) is 73.8 cm³/mol. The molecule has 7 heteroatoms. The molecular formula is C16H11F3O4. The number of hydrogen-bond donors (Lipinski definition) is 0. The Kier molecular flexibility index (Phi) is 4.49. The lowest BCUT2D eigenvalue weighted by Gasteiger charge is -2.15. The molecule has 0 bridgehead atoms. The molecule has 0 aliphatic carbocycles. The third kappa shape index (κ3) is 3.94. The molecule has 120 valence electrons. The second-order valence-corrected chi connectivity index (χ2v) is 4.87. The first-order chi connectivity index (χ1) is 10.7. The lowest BCUT2D eigenvalue weighted by Crippen LogP contribution is -2.34. The monoisotopic (exact) mass is 324 g/mol. The van der Waals surface area contributed by atoms with E-state index >= 15 is 0 Å². The first-order valence-electron chi connectivity index (χ1n) is 6.51. The van der Waals surface area contributed by atoms with Gasteiger partial charge in [0, 0.05) is 6.08 Å². The van der Waals surface area contributed by atoms with Crippen molar-refractivity contribution in [3.63, 3.8) is 0 Å². The average molecular weight is 324 g/mol. The van der Waals surface area contributed by atoms with Gasteiger partial charge in [0.2, 0.25) is 0 Å². The van der Waals surface area contributed by atoms with E-state index in [4.69, 9.17) is 4.74 Å². The van der Waals surface area contributed by atoms with Crippen LogP contribution in [0.4, 0.5) is 13.2 Å². The van der Waals surface area contributed by atoms with E-state index in [2.05, 4.69) is 0 Å². The standard InChI is InChI=1S/C16H11F3O4/c1-9-7-13(21)14(15(22)23-9)12(20)6-5-10-3-2-4-11(8-10)16(17,18)19/h2-8,14H,1H3/b6-5+/t14-/m0/s1. The van der Waals surface area contributed by atoms with Gasteiger partial charge in [-0.2, -0.15) is 13.2 Å². The number of hydrogen-bond acceptors (Lipinski definition) is 4. The maximum absolute atomic E-state index is 12.6. The maximum atomic E-state index is 12.6. The number of allylic oxidation sites excluding steroid dienone is 3. The molecule has 1 aliphatic rings. The van der Waals surface area contributed by atoms with Gasteiger partial charge in [0.1, 0.15) is 5.76 Å². The van der Waals surface area contributed by atoms with Gasteiger partial charge in [-0.15, -0.1) is 0 Å². The highest BCUT2D eigenvalue weighted by Crippen LogP contribution is 2.29. The van der Waals surface area contributed by atoms with Gasteiger partial charge >= 0.3 is 12.1 Å². The Morgan fingerprint density at radius 1 is 1.26 bits per heavy atom. The molecule has 1 aromatic carbocycles. The Hall–Kier alpha value is -2.70. The van der Waals surface area contributed by atoms with Crippen LogP contribution < -0.4 is 0 Å². The second kappa shape index (κ2) is 6.20. The fourth-order valence-corrected chi connectivity index (χ4v) is 2.00. The van der Waals surface area contributed by atoms with Crippen molar-refractivity contribution in [2.24, 2.45) is 5.92 Å². The lowest BCUT2D eigenvalue weighted by atomic mass is 9.96. The molecule has 0 N–H and O–H groups in total. The van der Waals surface area contributed by atoms with E-state index in [-0.39, 0.29) is 11.3 Å². The van der Waals surface area contributed by atoms with Gasteiger partial charge in [0.15, 0.2) is 17.5 Å². The van der Waals surface area contributed by atoms with Crippen LogP contribution in [0.25, 0.3) is 6.08 Å². The molecule has 0 unspecified atom stereocenters. The molecule has 2 rings (SSSR count). The zero-order valence-corrected chi connectivity index (χ0v) is 11.9. The highest BCUT2D eigenvalue weighted by atomic mass is 19.4. The Balaban J connectivity index is 2.19. The van der Waals surface area contributed by atoms with Crippen molar-refractivity contribution in [1.29, 1.82) is 0 Å². The van der Waals surface area contributed by atoms with E-state index in [1.54, 1.807) is 0 Å². The molecule has 1 aromatic rings. The summed E-state index contributed by atoms with van der Waals surface area (Å²) in [5, 5.41) is 0. The molecule has 0 aromatic heterocycles. The number of benzene rings is 1. The number of cyclic esters (lactones) is 1. The Bertz CT molecular complexity index is 729. The van der Waals surface area contributed by atoms with Crippen molar-refractivity contribution in [3.8, 4) is 0 Å². The molecule has 1 aliphatic heterocycles. The van der Waals surface area contributed by atoms with Crippen molar-refractivity contribution in [2.45, 2.75) is 13.1 Å². The zero-order chi connectivity index (χ0) is 17.2. The Labute approximate surface area is 129 Å². The zero-order valence-electron chi connectivity index (χ0n) is 11.9. The van der Waals surface area contributed by atoms with E-state index < -0.39 is 35.2 Å². The van der Waals surface area contributed by atoms with Gasteiger partial charge in [-0.1, -0.05) is 18.2 Å². The summed E-state index contributed by atoms with van der Waals surface area (Å²) >= 11 is 0. The number of halogens is 3. The van der Waals surface area contributed by atoms with E-state index in [0.717, 1.165) is 30.4 Å². The number of rotatable bonds is 3. The third-order valence-electron chi connectivity index (χ3n) is 3.07. The van der Waals surface area contributed by atoms with Crippen molar-refractivity contribution in [3.05, 3.63) is 53.3 Å². The molecule has 0 saturated carbocycles. The predicted octanol–water partition coefficient (Wildman–Crippen LogP) is 2.93. The molecule has 0 amide bonds. The molecule has 4 nitrogen and oxygen atoms in total. The highest BCUT2D eigenvalue weighted by molar-refractivity contribution is 6.25. The summed E-state index contributed by atoms with van der Waals surface area (Å²) in [7, 11) is 0. The maximum Gasteiger partial charge on any atom is 0.416 e. The van der Waals surface area contributed by atoms with Crippen molar-refractivity contribution in [1.82, 2.24) is 0 Å². The molecular weight excluding hydrogens is 313 g/mol. The normalized spacial score (nSPS) is 18.8. The highest BCUT2D eigenvalue weighted by Gasteiger charge is 2.36. The molecule has 1 heterocycles. The van der Waals surface area contributed by atoms with E-state index in [9.17, 15) is 27.6 Å². The van der Waals surface area contributed by atoms with Gasteiger partial charge in [0.05, 0.1) is 5.56 Å². The smallest absolute Gasteiger partial charge is 0.416 e. The minimum Gasteiger partial charge on any atom is -0.430 e. The van der Waals surface area contributed by atoms with E-state index in [1.807, 2.05) is 0 Å². The van der Waals surface area contributed by atoms with Crippen molar-refractivity contribution in [2.75, 3.05) is 0 Å². The van der Waals surface area contributed by atoms with Crippen LogP contribution in [0.2, 0.25) is 0 Å². The Morgan fingerprint density at radius 2 is 1.96 bits per heavy atom. The fraction of sp³-hybridized carbons (Fsp3) is 0.188. The van der Waals surface area contributed by atoms with Crippen LogP contribution in [-0.4, -0.2) is 17.5 Å². The van der Waals surface area contributed by atoms with Crippen LogP contribution in [-0.2, 0) is 25.3 Å². The summed E-state index contributed by atoms with van der Waals surface area (Å²) in [6, 6.07) is 4.31. The molecule has 23 heavy (non-hydrogen) atoms. The largest absolute Gasteiger partial charge is 0.430 e. The minimum atomic E-state index is -4.50. The van der Waals surface area contributed by atoms with Gasteiger partial charge < -0.3 is 4.74 Å². The summed E-state index contributed by atoms with van der Waals surface area (Å²) in [5.74, 6) is -4.07. The first kappa shape index (κ1) is 16.7. The summed E-state index contributed by atoms with van der Waals surface area (Å²) < 4.78 is 42.5. The molecule has 0 fully saturated rings. The van der Waals surface area contributed by atoms with Gasteiger partial charge in [-0.05, 0) is 30.7 Å². The minimum absolute atomic E-state index is 0.0888. The summed E-state index contributed by atoms with van der Waals surface area (Å²) in [6.07, 6.45) is -1.46. The molecule has 0 spiro atoms. The molecule has 0 saturated heterocycles. The van der Waals surface area contributed by atoms with Crippen molar-refractivity contribution >= 4 is 23.6 Å². The number of esters is 1. The quantitative estimate of drug-likeness (QED) is 0.487. The van der Waals surface area contributed by atoms with Crippen molar-refractivity contribution < 1.29 is 32.3 Å². The van der Waals surface area contributed by atoms with E-state index in [1.165, 1.54) is 19.1 Å². The summed E-state index contributed by atoms with van der Waals surface area (Å²) in [5.41, 5.74) is -0.740. The summed E-state index contributed by atoms with van der Waals surface area (Å²) in [4.78, 5) is 35.2. The average Bonchev–Trinajstić information content (AvgIpc) is 2.43. The lowest BCUT2D eigenvalue weighted by molar-refractivity contribution is -0.151. The number of alkyl halides is 3. The second-order valence-electron chi connectivity index (χ2n) is 4.87. The number of carbonyl (C=O) groups is 3. The number of ether oxygens (including phenoxy) is 1. The van der Waals surface area contributed by atoms with E-state index in [0.29, 0.717) is 0 Å².